The van der Waals surface area contributed by atoms with Crippen molar-refractivity contribution in [1.29, 1.82) is 0 Å². The Balaban J connectivity index is 1.60. The van der Waals surface area contributed by atoms with Crippen LogP contribution in [0.5, 0.6) is 0 Å². The number of hydrogen-bond acceptors (Lipinski definition) is 2. The standard InChI is InChI=1S/C16H19NO3/c18-14(16(7-8-16)15(19)20)17-9-6-13(11-17)10-12-4-2-1-3-5-12/h1-5,13H,6-11H2,(H,19,20)/t13-/m1/s1. The van der Waals surface area contributed by atoms with E-state index < -0.39 is 11.4 Å². The van der Waals surface area contributed by atoms with Crippen LogP contribution in [-0.2, 0) is 16.0 Å². The predicted octanol–water partition coefficient (Wildman–Crippen LogP) is 1.94. The summed E-state index contributed by atoms with van der Waals surface area (Å²) in [4.78, 5) is 25.3. The quantitative estimate of drug-likeness (QED) is 0.853. The summed E-state index contributed by atoms with van der Waals surface area (Å²) >= 11 is 0. The van der Waals surface area contributed by atoms with Gasteiger partial charge in [-0.3, -0.25) is 9.59 Å². The lowest BCUT2D eigenvalue weighted by Gasteiger charge is -2.20. The normalized spacial score (nSPS) is 23.6. The fraction of sp³-hybridized carbons (Fsp3) is 0.500. The first-order valence-corrected chi connectivity index (χ1v) is 7.18. The molecule has 20 heavy (non-hydrogen) atoms. The van der Waals surface area contributed by atoms with Crippen LogP contribution in [0.3, 0.4) is 0 Å². The van der Waals surface area contributed by atoms with Crippen molar-refractivity contribution in [2.75, 3.05) is 13.1 Å². The summed E-state index contributed by atoms with van der Waals surface area (Å²) in [7, 11) is 0. The molecule has 4 nitrogen and oxygen atoms in total. The minimum absolute atomic E-state index is 0.166. The topological polar surface area (TPSA) is 57.6 Å². The van der Waals surface area contributed by atoms with Gasteiger partial charge in [-0.25, -0.2) is 0 Å². The number of hydrogen-bond donors (Lipinski definition) is 1. The van der Waals surface area contributed by atoms with Crippen molar-refractivity contribution in [2.45, 2.75) is 25.7 Å². The molecule has 1 heterocycles. The van der Waals surface area contributed by atoms with E-state index in [2.05, 4.69) is 12.1 Å². The van der Waals surface area contributed by atoms with Gasteiger partial charge in [-0.15, -0.1) is 0 Å². The van der Waals surface area contributed by atoms with Crippen LogP contribution in [0.4, 0.5) is 0 Å². The molecule has 1 aliphatic carbocycles. The number of aliphatic carboxylic acids is 1. The fourth-order valence-corrected chi connectivity index (χ4v) is 3.08. The number of likely N-dealkylation sites (tertiary alicyclic amines) is 1. The highest BCUT2D eigenvalue weighted by Crippen LogP contribution is 2.48. The lowest BCUT2D eigenvalue weighted by Crippen LogP contribution is -2.39. The number of rotatable bonds is 4. The largest absolute Gasteiger partial charge is 0.480 e. The number of benzene rings is 1. The van der Waals surface area contributed by atoms with Gasteiger partial charge in [0.1, 0.15) is 5.41 Å². The SMILES string of the molecule is O=C(O)C1(C(=O)N2CC[C@H](Cc3ccccc3)C2)CC1. The van der Waals surface area contributed by atoms with Crippen LogP contribution in [0.2, 0.25) is 0 Å². The van der Waals surface area contributed by atoms with Gasteiger partial charge in [0.2, 0.25) is 5.91 Å². The van der Waals surface area contributed by atoms with Gasteiger partial charge < -0.3 is 10.0 Å². The van der Waals surface area contributed by atoms with Gasteiger partial charge in [-0.2, -0.15) is 0 Å². The van der Waals surface area contributed by atoms with Crippen molar-refractivity contribution in [2.24, 2.45) is 11.3 Å². The van der Waals surface area contributed by atoms with E-state index in [9.17, 15) is 14.7 Å². The second kappa shape index (κ2) is 4.93. The van der Waals surface area contributed by atoms with E-state index in [0.717, 1.165) is 12.8 Å². The Kier molecular flexibility index (Phi) is 3.24. The highest BCUT2D eigenvalue weighted by Gasteiger charge is 2.59. The van der Waals surface area contributed by atoms with Crippen molar-refractivity contribution in [1.82, 2.24) is 4.90 Å². The maximum Gasteiger partial charge on any atom is 0.319 e. The molecule has 0 bridgehead atoms. The maximum absolute atomic E-state index is 12.3. The lowest BCUT2D eigenvalue weighted by atomic mass is 9.99. The number of carbonyl (C=O) groups excluding carboxylic acids is 1. The van der Waals surface area contributed by atoms with Crippen molar-refractivity contribution in [3.8, 4) is 0 Å². The van der Waals surface area contributed by atoms with Gasteiger partial charge in [-0.05, 0) is 37.2 Å². The summed E-state index contributed by atoms with van der Waals surface area (Å²) < 4.78 is 0. The van der Waals surface area contributed by atoms with Crippen molar-refractivity contribution >= 4 is 11.9 Å². The maximum atomic E-state index is 12.3. The molecule has 4 heteroatoms. The molecule has 1 aromatic rings. The molecule has 1 aromatic carbocycles. The summed E-state index contributed by atoms with van der Waals surface area (Å²) in [5, 5.41) is 9.19. The molecule has 1 N–H and O–H groups in total. The van der Waals surface area contributed by atoms with Gasteiger partial charge in [0.25, 0.3) is 0 Å². The number of carboxylic acid groups (broad SMARTS) is 1. The smallest absolute Gasteiger partial charge is 0.319 e. The molecule has 0 radical (unpaired) electrons. The molecule has 1 saturated carbocycles. The molecular weight excluding hydrogens is 254 g/mol. The molecule has 2 fully saturated rings. The van der Waals surface area contributed by atoms with Crippen LogP contribution in [0.15, 0.2) is 30.3 Å². The molecule has 106 valence electrons. The Morgan fingerprint density at radius 2 is 1.95 bits per heavy atom. The second-order valence-electron chi connectivity index (χ2n) is 5.98. The first kappa shape index (κ1) is 13.2. The average molecular weight is 273 g/mol. The van der Waals surface area contributed by atoms with Gasteiger partial charge in [0, 0.05) is 13.1 Å². The van der Waals surface area contributed by atoms with Gasteiger partial charge in [0.15, 0.2) is 0 Å². The first-order chi connectivity index (χ1) is 9.62. The number of nitrogens with zero attached hydrogens (tertiary/aromatic N) is 1. The first-order valence-electron chi connectivity index (χ1n) is 7.18. The molecule has 2 aliphatic rings. The predicted molar refractivity (Wildman–Crippen MR) is 74.1 cm³/mol. The van der Waals surface area contributed by atoms with Crippen molar-refractivity contribution in [3.63, 3.8) is 0 Å². The van der Waals surface area contributed by atoms with Gasteiger partial charge >= 0.3 is 5.97 Å². The fourth-order valence-electron chi connectivity index (χ4n) is 3.08. The van der Waals surface area contributed by atoms with E-state index in [1.807, 2.05) is 18.2 Å². The van der Waals surface area contributed by atoms with E-state index in [-0.39, 0.29) is 5.91 Å². The van der Waals surface area contributed by atoms with E-state index in [1.54, 1.807) is 4.90 Å². The molecule has 0 spiro atoms. The molecule has 3 rings (SSSR count). The molecular formula is C16H19NO3. The Labute approximate surface area is 118 Å². The molecule has 1 aliphatic heterocycles. The monoisotopic (exact) mass is 273 g/mol. The third-order valence-corrected chi connectivity index (χ3v) is 4.51. The molecule has 0 unspecified atom stereocenters. The molecule has 1 saturated heterocycles. The Hall–Kier alpha value is -1.84. The zero-order valence-corrected chi connectivity index (χ0v) is 11.4. The Morgan fingerprint density at radius 1 is 1.25 bits per heavy atom. The van der Waals surface area contributed by atoms with Crippen LogP contribution in [-0.4, -0.2) is 35.0 Å². The van der Waals surface area contributed by atoms with Crippen molar-refractivity contribution in [3.05, 3.63) is 35.9 Å². The van der Waals surface area contributed by atoms with Gasteiger partial charge in [-0.1, -0.05) is 30.3 Å². The van der Waals surface area contributed by atoms with E-state index in [4.69, 9.17) is 0 Å². The third-order valence-electron chi connectivity index (χ3n) is 4.51. The van der Waals surface area contributed by atoms with E-state index >= 15 is 0 Å². The zero-order valence-electron chi connectivity index (χ0n) is 11.4. The lowest BCUT2D eigenvalue weighted by molar-refractivity contribution is -0.153. The molecule has 1 atom stereocenters. The number of carbonyl (C=O) groups is 2. The van der Waals surface area contributed by atoms with Crippen LogP contribution in [0.1, 0.15) is 24.8 Å². The second-order valence-corrected chi connectivity index (χ2v) is 5.98. The van der Waals surface area contributed by atoms with Crippen LogP contribution in [0, 0.1) is 11.3 Å². The zero-order chi connectivity index (χ0) is 14.2. The minimum atomic E-state index is -1.08. The highest BCUT2D eigenvalue weighted by molar-refractivity contribution is 6.04. The molecule has 0 aromatic heterocycles. The summed E-state index contributed by atoms with van der Waals surface area (Å²) in [6.45, 7) is 1.40. The van der Waals surface area contributed by atoms with Crippen LogP contribution < -0.4 is 0 Å². The van der Waals surface area contributed by atoms with Crippen molar-refractivity contribution < 1.29 is 14.7 Å². The minimum Gasteiger partial charge on any atom is -0.480 e. The van der Waals surface area contributed by atoms with E-state index in [1.165, 1.54) is 5.56 Å². The highest BCUT2D eigenvalue weighted by atomic mass is 16.4. The summed E-state index contributed by atoms with van der Waals surface area (Å²) in [5.74, 6) is -0.666. The Bertz CT molecular complexity index is 522. The van der Waals surface area contributed by atoms with Crippen LogP contribution >= 0.6 is 0 Å². The Morgan fingerprint density at radius 3 is 2.55 bits per heavy atom. The number of amides is 1. The number of carboxylic acids is 1. The van der Waals surface area contributed by atoms with E-state index in [0.29, 0.717) is 31.8 Å². The third kappa shape index (κ3) is 2.30. The van der Waals surface area contributed by atoms with Crippen LogP contribution in [0.25, 0.3) is 0 Å². The summed E-state index contributed by atoms with van der Waals surface area (Å²) in [6.07, 6.45) is 2.93. The average Bonchev–Trinajstić information content (AvgIpc) is 3.14. The summed E-state index contributed by atoms with van der Waals surface area (Å²) in [6, 6.07) is 10.2. The molecule has 1 amide bonds. The van der Waals surface area contributed by atoms with Gasteiger partial charge in [0.05, 0.1) is 0 Å². The summed E-state index contributed by atoms with van der Waals surface area (Å²) in [5.41, 5.74) is 0.202.